The zero-order valence-electron chi connectivity index (χ0n) is 16.8. The molecule has 0 aliphatic carbocycles. The number of hydrogen-bond donors (Lipinski definition) is 0. The number of nitrogens with zero attached hydrogens (tertiary/aromatic N) is 2. The summed E-state index contributed by atoms with van der Waals surface area (Å²) in [5.41, 5.74) is 1.35. The van der Waals surface area contributed by atoms with Gasteiger partial charge in [-0.2, -0.15) is 8.42 Å². The molecular formula is C24H18N2O5S. The van der Waals surface area contributed by atoms with Gasteiger partial charge < -0.3 is 4.18 Å². The first-order chi connectivity index (χ1) is 15.4. The molecule has 0 aliphatic heterocycles. The van der Waals surface area contributed by atoms with E-state index in [2.05, 4.69) is 4.99 Å². The van der Waals surface area contributed by atoms with Crippen LogP contribution in [-0.2, 0) is 16.7 Å². The molecule has 32 heavy (non-hydrogen) atoms. The Morgan fingerprint density at radius 3 is 2.28 bits per heavy atom. The standard InChI is InChI=1S/C24H18N2O5S/c27-26(28)20-11-13-21(14-12-20)32(29,30)31-24-15-10-19-8-4-5-9-22(19)23(24)17-25-16-18-6-2-1-3-7-18/h1-15,17H,16H2. The zero-order valence-corrected chi connectivity index (χ0v) is 17.6. The summed E-state index contributed by atoms with van der Waals surface area (Å²) in [6.07, 6.45) is 1.61. The Kier molecular flexibility index (Phi) is 5.96. The van der Waals surface area contributed by atoms with E-state index < -0.39 is 15.0 Å². The van der Waals surface area contributed by atoms with Crippen LogP contribution in [0.4, 0.5) is 5.69 Å². The molecule has 0 atom stereocenters. The number of nitro groups is 1. The fourth-order valence-electron chi connectivity index (χ4n) is 3.21. The number of fused-ring (bicyclic) bond motifs is 1. The number of non-ortho nitro benzene ring substituents is 1. The lowest BCUT2D eigenvalue weighted by Crippen LogP contribution is -2.11. The number of rotatable bonds is 7. The van der Waals surface area contributed by atoms with Gasteiger partial charge in [0.25, 0.3) is 5.69 Å². The Morgan fingerprint density at radius 1 is 0.875 bits per heavy atom. The molecule has 0 radical (unpaired) electrons. The monoisotopic (exact) mass is 446 g/mol. The summed E-state index contributed by atoms with van der Waals surface area (Å²) in [4.78, 5) is 14.5. The fraction of sp³-hybridized carbons (Fsp3) is 0.0417. The molecule has 4 aromatic rings. The van der Waals surface area contributed by atoms with E-state index >= 15 is 0 Å². The van der Waals surface area contributed by atoms with Gasteiger partial charge in [-0.1, -0.05) is 60.7 Å². The predicted octanol–water partition coefficient (Wildman–Crippen LogP) is 5.13. The fourth-order valence-corrected chi connectivity index (χ4v) is 4.16. The third-order valence-corrected chi connectivity index (χ3v) is 6.05. The average molecular weight is 446 g/mol. The molecular weight excluding hydrogens is 428 g/mol. The summed E-state index contributed by atoms with van der Waals surface area (Å²) in [5.74, 6) is 0.124. The van der Waals surface area contributed by atoms with Gasteiger partial charge in [0, 0.05) is 23.9 Å². The highest BCUT2D eigenvalue weighted by molar-refractivity contribution is 7.87. The molecule has 0 saturated heterocycles. The van der Waals surface area contributed by atoms with Gasteiger partial charge in [-0.05, 0) is 34.5 Å². The molecule has 0 N–H and O–H groups in total. The van der Waals surface area contributed by atoms with Crippen LogP contribution in [0.3, 0.4) is 0 Å². The minimum atomic E-state index is -4.21. The van der Waals surface area contributed by atoms with Crippen LogP contribution in [0.25, 0.3) is 10.8 Å². The average Bonchev–Trinajstić information content (AvgIpc) is 2.81. The van der Waals surface area contributed by atoms with Crippen molar-refractivity contribution in [2.75, 3.05) is 0 Å². The van der Waals surface area contributed by atoms with Gasteiger partial charge in [0.05, 0.1) is 11.5 Å². The molecule has 0 saturated carbocycles. The molecule has 8 heteroatoms. The molecule has 7 nitrogen and oxygen atoms in total. The van der Waals surface area contributed by atoms with Crippen LogP contribution in [0.15, 0.2) is 101 Å². The molecule has 0 aliphatic rings. The quantitative estimate of drug-likeness (QED) is 0.169. The van der Waals surface area contributed by atoms with Gasteiger partial charge in [0.15, 0.2) is 5.75 Å². The van der Waals surface area contributed by atoms with E-state index in [9.17, 15) is 18.5 Å². The number of nitro benzene ring substituents is 1. The van der Waals surface area contributed by atoms with Crippen molar-refractivity contribution in [2.45, 2.75) is 11.4 Å². The van der Waals surface area contributed by atoms with Gasteiger partial charge in [-0.3, -0.25) is 15.1 Å². The largest absolute Gasteiger partial charge is 0.378 e. The minimum Gasteiger partial charge on any atom is -0.378 e. The SMILES string of the molecule is O=[N+]([O-])c1ccc(S(=O)(=O)Oc2ccc3ccccc3c2C=NCc2ccccc2)cc1. The molecule has 0 bridgehead atoms. The maximum absolute atomic E-state index is 12.8. The Labute approximate surface area is 184 Å². The van der Waals surface area contributed by atoms with E-state index in [4.69, 9.17) is 4.18 Å². The highest BCUT2D eigenvalue weighted by Crippen LogP contribution is 2.29. The van der Waals surface area contributed by atoms with E-state index in [-0.39, 0.29) is 16.3 Å². The van der Waals surface area contributed by atoms with E-state index in [1.807, 2.05) is 54.6 Å². The second kappa shape index (κ2) is 8.99. The number of hydrogen-bond acceptors (Lipinski definition) is 6. The van der Waals surface area contributed by atoms with Gasteiger partial charge in [-0.25, -0.2) is 0 Å². The first kappa shape index (κ1) is 21.2. The van der Waals surface area contributed by atoms with Crippen molar-refractivity contribution < 1.29 is 17.5 Å². The molecule has 0 fully saturated rings. The van der Waals surface area contributed by atoms with Crippen molar-refractivity contribution >= 4 is 32.8 Å². The predicted molar refractivity (Wildman–Crippen MR) is 123 cm³/mol. The van der Waals surface area contributed by atoms with Crippen LogP contribution in [0.2, 0.25) is 0 Å². The first-order valence-corrected chi connectivity index (χ1v) is 11.1. The van der Waals surface area contributed by atoms with E-state index in [1.54, 1.807) is 18.3 Å². The minimum absolute atomic E-state index is 0.124. The van der Waals surface area contributed by atoms with Gasteiger partial charge in [-0.15, -0.1) is 0 Å². The lowest BCUT2D eigenvalue weighted by Gasteiger charge is -2.12. The lowest BCUT2D eigenvalue weighted by atomic mass is 10.0. The molecule has 0 heterocycles. The molecule has 4 aromatic carbocycles. The molecule has 0 spiro atoms. The highest BCUT2D eigenvalue weighted by atomic mass is 32.2. The van der Waals surface area contributed by atoms with Gasteiger partial charge >= 0.3 is 10.1 Å². The van der Waals surface area contributed by atoms with Crippen molar-refractivity contribution in [3.8, 4) is 5.75 Å². The second-order valence-corrected chi connectivity index (χ2v) is 8.49. The van der Waals surface area contributed by atoms with Gasteiger partial charge in [0.2, 0.25) is 0 Å². The summed E-state index contributed by atoms with van der Waals surface area (Å²) in [5, 5.41) is 12.5. The molecule has 4 rings (SSSR count). The van der Waals surface area contributed by atoms with Crippen LogP contribution >= 0.6 is 0 Å². The third kappa shape index (κ3) is 4.65. The van der Waals surface area contributed by atoms with Crippen molar-refractivity contribution in [2.24, 2.45) is 4.99 Å². The maximum atomic E-state index is 12.8. The van der Waals surface area contributed by atoms with Crippen molar-refractivity contribution in [3.05, 3.63) is 112 Å². The number of aliphatic imine (C=N–C) groups is 1. The maximum Gasteiger partial charge on any atom is 0.339 e. The first-order valence-electron chi connectivity index (χ1n) is 9.68. The normalized spacial score (nSPS) is 11.6. The second-order valence-electron chi connectivity index (χ2n) is 6.94. The van der Waals surface area contributed by atoms with Crippen molar-refractivity contribution in [3.63, 3.8) is 0 Å². The summed E-state index contributed by atoms with van der Waals surface area (Å²) >= 11 is 0. The lowest BCUT2D eigenvalue weighted by molar-refractivity contribution is -0.384. The highest BCUT2D eigenvalue weighted by Gasteiger charge is 2.20. The Balaban J connectivity index is 1.70. The van der Waals surface area contributed by atoms with Crippen molar-refractivity contribution in [1.29, 1.82) is 0 Å². The Bertz CT molecular complexity index is 1400. The van der Waals surface area contributed by atoms with E-state index in [0.29, 0.717) is 12.1 Å². The molecule has 0 unspecified atom stereocenters. The van der Waals surface area contributed by atoms with Crippen LogP contribution in [0.1, 0.15) is 11.1 Å². The van der Waals surface area contributed by atoms with Crippen LogP contribution in [0, 0.1) is 10.1 Å². The summed E-state index contributed by atoms with van der Waals surface area (Å²) in [6.45, 7) is 0.429. The van der Waals surface area contributed by atoms with Crippen LogP contribution in [-0.4, -0.2) is 19.6 Å². The van der Waals surface area contributed by atoms with E-state index in [1.165, 1.54) is 0 Å². The topological polar surface area (TPSA) is 98.9 Å². The molecule has 160 valence electrons. The molecule has 0 aromatic heterocycles. The molecule has 0 amide bonds. The van der Waals surface area contributed by atoms with Crippen LogP contribution < -0.4 is 4.18 Å². The van der Waals surface area contributed by atoms with Crippen molar-refractivity contribution in [1.82, 2.24) is 0 Å². The summed E-state index contributed by atoms with van der Waals surface area (Å²) in [6, 6.07) is 25.1. The van der Waals surface area contributed by atoms with Crippen LogP contribution in [0.5, 0.6) is 5.75 Å². The zero-order chi connectivity index (χ0) is 22.6. The summed E-state index contributed by atoms with van der Waals surface area (Å²) in [7, 11) is -4.21. The van der Waals surface area contributed by atoms with Gasteiger partial charge in [0.1, 0.15) is 4.90 Å². The summed E-state index contributed by atoms with van der Waals surface area (Å²) < 4.78 is 31.1. The van der Waals surface area contributed by atoms with E-state index in [0.717, 1.165) is 40.6 Å². The third-order valence-electron chi connectivity index (χ3n) is 4.80. The Morgan fingerprint density at radius 2 is 1.56 bits per heavy atom. The smallest absolute Gasteiger partial charge is 0.339 e. The Hall–Kier alpha value is -4.04. The number of benzene rings is 4.